The molecule has 0 atom stereocenters. The van der Waals surface area contributed by atoms with E-state index in [2.05, 4.69) is 38.1 Å². The molecule has 1 amide bonds. The van der Waals surface area contributed by atoms with Crippen LogP contribution in [0.15, 0.2) is 29.1 Å². The van der Waals surface area contributed by atoms with Crippen LogP contribution in [0.4, 0.5) is 5.95 Å². The molecule has 0 aliphatic heterocycles. The molecule has 2 heterocycles. The number of nitrogens with zero attached hydrogens (tertiary/aromatic N) is 2. The van der Waals surface area contributed by atoms with Gasteiger partial charge < -0.3 is 9.55 Å². The van der Waals surface area contributed by atoms with Crippen molar-refractivity contribution < 1.29 is 4.79 Å². The molecular weight excluding hydrogens is 284 g/mol. The van der Waals surface area contributed by atoms with E-state index < -0.39 is 0 Å². The Balaban J connectivity index is 2.18. The van der Waals surface area contributed by atoms with Crippen molar-refractivity contribution in [2.75, 3.05) is 5.32 Å². The first-order valence-electron chi connectivity index (χ1n) is 5.37. The van der Waals surface area contributed by atoms with Gasteiger partial charge in [-0.05, 0) is 28.4 Å². The fraction of sp³-hybridized carbons (Fsp3) is 0.273. The van der Waals surface area contributed by atoms with Gasteiger partial charge in [-0.15, -0.1) is 0 Å². The number of imidazole rings is 1. The number of carbonyl (C=O) groups excluding carboxylic acids is 1. The maximum absolute atomic E-state index is 12.0. The summed E-state index contributed by atoms with van der Waals surface area (Å²) in [4.78, 5) is 18.8. The average molecular weight is 297 g/mol. The van der Waals surface area contributed by atoms with Crippen LogP contribution in [0, 0.1) is 0 Å². The van der Waals surface area contributed by atoms with Crippen LogP contribution < -0.4 is 5.32 Å². The number of anilines is 1. The van der Waals surface area contributed by atoms with Crippen molar-refractivity contribution in [3.05, 3.63) is 34.8 Å². The molecule has 5 nitrogen and oxygen atoms in total. The summed E-state index contributed by atoms with van der Waals surface area (Å²) >= 11 is 3.37. The molecule has 2 aromatic heterocycles. The van der Waals surface area contributed by atoms with Crippen molar-refractivity contribution in [1.82, 2.24) is 14.5 Å². The summed E-state index contributed by atoms with van der Waals surface area (Å²) in [5.74, 6) is 0.287. The van der Waals surface area contributed by atoms with Crippen LogP contribution in [0.1, 0.15) is 23.8 Å². The van der Waals surface area contributed by atoms with E-state index >= 15 is 0 Å². The molecule has 0 unspecified atom stereocenters. The number of amides is 1. The second-order valence-corrected chi connectivity index (χ2v) is 4.54. The van der Waals surface area contributed by atoms with Gasteiger partial charge in [0.2, 0.25) is 5.95 Å². The van der Waals surface area contributed by atoms with Crippen LogP contribution in [0.25, 0.3) is 0 Å². The largest absolute Gasteiger partial charge is 0.342 e. The summed E-state index contributed by atoms with van der Waals surface area (Å²) in [7, 11) is 0. The molecule has 0 aliphatic rings. The number of aryl methyl sites for hydroxylation is 1. The van der Waals surface area contributed by atoms with Gasteiger partial charge in [0, 0.05) is 29.6 Å². The van der Waals surface area contributed by atoms with Gasteiger partial charge in [0.25, 0.3) is 5.91 Å². The lowest BCUT2D eigenvalue weighted by Gasteiger charge is -2.06. The van der Waals surface area contributed by atoms with Gasteiger partial charge in [0.1, 0.15) is 5.69 Å². The molecule has 0 aromatic carbocycles. The highest BCUT2D eigenvalue weighted by atomic mass is 79.9. The minimum atomic E-state index is -0.167. The number of nitrogens with one attached hydrogen (secondary N) is 2. The number of rotatable bonds is 4. The van der Waals surface area contributed by atoms with E-state index in [4.69, 9.17) is 0 Å². The third-order valence-electron chi connectivity index (χ3n) is 2.29. The van der Waals surface area contributed by atoms with Gasteiger partial charge >= 0.3 is 0 Å². The SMILES string of the molecule is CCCn1cc(Br)cc1C(=O)Nc1ncc[nH]1. The first-order chi connectivity index (χ1) is 8.20. The standard InChI is InChI=1S/C11H13BrN4O/c1-2-5-16-7-8(12)6-9(16)10(17)15-11-13-3-4-14-11/h3-4,6-7H,2,5H2,1H3,(H2,13,14,15,17). The summed E-state index contributed by atoms with van der Waals surface area (Å²) in [6.45, 7) is 2.88. The van der Waals surface area contributed by atoms with Crippen LogP contribution in [0.2, 0.25) is 0 Å². The van der Waals surface area contributed by atoms with Crippen LogP contribution in [0.3, 0.4) is 0 Å². The number of hydrogen-bond acceptors (Lipinski definition) is 2. The molecule has 0 saturated heterocycles. The number of aromatic nitrogens is 3. The fourth-order valence-electron chi connectivity index (χ4n) is 1.60. The topological polar surface area (TPSA) is 62.7 Å². The zero-order valence-corrected chi connectivity index (χ0v) is 11.0. The first-order valence-corrected chi connectivity index (χ1v) is 6.16. The molecule has 17 heavy (non-hydrogen) atoms. The fourth-order valence-corrected chi connectivity index (χ4v) is 2.06. The maximum Gasteiger partial charge on any atom is 0.274 e. The zero-order valence-electron chi connectivity index (χ0n) is 9.40. The Bertz CT molecular complexity index is 504. The average Bonchev–Trinajstić information content (AvgIpc) is 2.88. The molecule has 2 aromatic rings. The molecule has 6 heteroatoms. The van der Waals surface area contributed by atoms with E-state index in [0.717, 1.165) is 17.4 Å². The summed E-state index contributed by atoms with van der Waals surface area (Å²) in [6.07, 6.45) is 6.13. The van der Waals surface area contributed by atoms with E-state index in [1.807, 2.05) is 10.8 Å². The zero-order chi connectivity index (χ0) is 12.3. The van der Waals surface area contributed by atoms with Gasteiger partial charge in [0.05, 0.1) is 0 Å². The predicted molar refractivity (Wildman–Crippen MR) is 69.0 cm³/mol. The highest BCUT2D eigenvalue weighted by molar-refractivity contribution is 9.10. The maximum atomic E-state index is 12.0. The second-order valence-electron chi connectivity index (χ2n) is 3.63. The number of halogens is 1. The summed E-state index contributed by atoms with van der Waals surface area (Å²) < 4.78 is 2.82. The van der Waals surface area contributed by atoms with Crippen molar-refractivity contribution in [3.63, 3.8) is 0 Å². The smallest absolute Gasteiger partial charge is 0.274 e. The minimum Gasteiger partial charge on any atom is -0.342 e. The third-order valence-corrected chi connectivity index (χ3v) is 2.72. The minimum absolute atomic E-state index is 0.167. The molecule has 2 N–H and O–H groups in total. The van der Waals surface area contributed by atoms with Crippen LogP contribution in [-0.4, -0.2) is 20.4 Å². The van der Waals surface area contributed by atoms with E-state index in [9.17, 15) is 4.79 Å². The Morgan fingerprint density at radius 1 is 1.65 bits per heavy atom. The van der Waals surface area contributed by atoms with Gasteiger partial charge in [0.15, 0.2) is 0 Å². The predicted octanol–water partition coefficient (Wildman–Crippen LogP) is 2.64. The monoisotopic (exact) mass is 296 g/mol. The van der Waals surface area contributed by atoms with Crippen molar-refractivity contribution in [2.24, 2.45) is 0 Å². The molecule has 0 radical (unpaired) electrons. The molecule has 90 valence electrons. The van der Waals surface area contributed by atoms with Crippen molar-refractivity contribution in [2.45, 2.75) is 19.9 Å². The molecule has 0 spiro atoms. The quantitative estimate of drug-likeness (QED) is 0.911. The van der Waals surface area contributed by atoms with Crippen molar-refractivity contribution >= 4 is 27.8 Å². The van der Waals surface area contributed by atoms with Crippen LogP contribution >= 0.6 is 15.9 Å². The summed E-state index contributed by atoms with van der Waals surface area (Å²) in [5, 5.41) is 2.70. The lowest BCUT2D eigenvalue weighted by Crippen LogP contribution is -2.17. The number of carbonyl (C=O) groups is 1. The van der Waals surface area contributed by atoms with Crippen LogP contribution in [-0.2, 0) is 6.54 Å². The second kappa shape index (κ2) is 5.18. The lowest BCUT2D eigenvalue weighted by atomic mass is 10.4. The van der Waals surface area contributed by atoms with Gasteiger partial charge in [-0.25, -0.2) is 4.98 Å². The van der Waals surface area contributed by atoms with Crippen LogP contribution in [0.5, 0.6) is 0 Å². The molecule has 0 aliphatic carbocycles. The lowest BCUT2D eigenvalue weighted by molar-refractivity contribution is 0.101. The molecule has 2 rings (SSSR count). The normalized spacial score (nSPS) is 10.5. The van der Waals surface area contributed by atoms with Gasteiger partial charge in [-0.3, -0.25) is 10.1 Å². The highest BCUT2D eigenvalue weighted by Crippen LogP contribution is 2.16. The first kappa shape index (κ1) is 11.9. The van der Waals surface area contributed by atoms with E-state index in [-0.39, 0.29) is 5.91 Å². The van der Waals surface area contributed by atoms with Crippen molar-refractivity contribution in [3.8, 4) is 0 Å². The molecule has 0 fully saturated rings. The van der Waals surface area contributed by atoms with Gasteiger partial charge in [-0.2, -0.15) is 0 Å². The van der Waals surface area contributed by atoms with Gasteiger partial charge in [-0.1, -0.05) is 6.92 Å². The Morgan fingerprint density at radius 3 is 3.12 bits per heavy atom. The number of hydrogen-bond donors (Lipinski definition) is 2. The molecule has 0 saturated carbocycles. The summed E-state index contributed by atoms with van der Waals surface area (Å²) in [5.41, 5.74) is 0.620. The van der Waals surface area contributed by atoms with E-state index in [0.29, 0.717) is 11.6 Å². The number of H-pyrrole nitrogens is 1. The molecular formula is C11H13BrN4O. The number of aromatic amines is 1. The van der Waals surface area contributed by atoms with E-state index in [1.165, 1.54) is 0 Å². The highest BCUT2D eigenvalue weighted by Gasteiger charge is 2.13. The van der Waals surface area contributed by atoms with E-state index in [1.54, 1.807) is 18.5 Å². The Morgan fingerprint density at radius 2 is 2.47 bits per heavy atom. The Labute approximate surface area is 107 Å². The Hall–Kier alpha value is -1.56. The summed E-state index contributed by atoms with van der Waals surface area (Å²) in [6, 6.07) is 1.80. The third kappa shape index (κ3) is 2.76. The molecule has 0 bridgehead atoms. The van der Waals surface area contributed by atoms with Crippen molar-refractivity contribution in [1.29, 1.82) is 0 Å². The Kier molecular flexibility index (Phi) is 3.63.